The number of hydrogen-bond donors (Lipinski definition) is 4. The van der Waals surface area contributed by atoms with Crippen molar-refractivity contribution in [2.24, 2.45) is 0 Å². The number of phosphoric ester groups is 1. The van der Waals surface area contributed by atoms with Gasteiger partial charge in [0, 0.05) is 45.3 Å². The van der Waals surface area contributed by atoms with E-state index in [4.69, 9.17) is 20.0 Å². The highest BCUT2D eigenvalue weighted by atomic mass is 31.2. The SMILES string of the molecule is O=C1C=C(N2CC2)C(=O)C(N2CC2)=C1N1CC1.O=P(O)(O)OCC(O)CO. The number of nitrogens with zero attached hydrogens (tertiary/aromatic N) is 3. The molecule has 0 aromatic rings. The summed E-state index contributed by atoms with van der Waals surface area (Å²) < 4.78 is 13.8. The number of rotatable bonds is 7. The molecule has 0 aromatic heterocycles. The molecule has 3 fully saturated rings. The van der Waals surface area contributed by atoms with Crippen LogP contribution in [0.25, 0.3) is 0 Å². The Balaban J connectivity index is 0.000000183. The standard InChI is InChI=1S/C12H13N3O2.C3H9O6P/c16-9-7-8(13-1-2-13)12(17)11(15-5-6-15)10(9)14-3-4-14;4-1-3(5)2-9-10(6,7)8/h7H,1-6H2;3-5H,1-2H2,(H2,6,7,8). The number of phosphoric acid groups is 1. The Morgan fingerprint density at radius 2 is 1.52 bits per heavy atom. The Morgan fingerprint density at radius 1 is 1.00 bits per heavy atom. The van der Waals surface area contributed by atoms with Crippen LogP contribution in [0.5, 0.6) is 0 Å². The van der Waals surface area contributed by atoms with Crippen molar-refractivity contribution in [3.63, 3.8) is 0 Å². The summed E-state index contributed by atoms with van der Waals surface area (Å²) in [6.45, 7) is 4.25. The third-order valence-electron chi connectivity index (χ3n) is 4.13. The molecule has 1 aliphatic carbocycles. The smallest absolute Gasteiger partial charge is 0.394 e. The molecule has 3 heterocycles. The van der Waals surface area contributed by atoms with Crippen molar-refractivity contribution >= 4 is 19.4 Å². The number of carbonyl (C=O) groups excluding carboxylic acids is 2. The Kier molecular flexibility index (Phi) is 5.71. The van der Waals surface area contributed by atoms with Crippen LogP contribution in [0.15, 0.2) is 23.2 Å². The van der Waals surface area contributed by atoms with E-state index in [2.05, 4.69) is 4.52 Å². The topological polar surface area (TPSA) is 150 Å². The van der Waals surface area contributed by atoms with Crippen LogP contribution < -0.4 is 0 Å². The van der Waals surface area contributed by atoms with Gasteiger partial charge in [-0.05, 0) is 0 Å². The molecule has 0 saturated carbocycles. The van der Waals surface area contributed by atoms with Crippen LogP contribution in [0.3, 0.4) is 0 Å². The molecule has 3 aliphatic heterocycles. The van der Waals surface area contributed by atoms with E-state index in [1.807, 2.05) is 14.7 Å². The number of Topliss-reactive ketones (excluding diaryl/α,β-unsaturated/α-hetero) is 1. The second kappa shape index (κ2) is 7.70. The van der Waals surface area contributed by atoms with Gasteiger partial charge in [-0.1, -0.05) is 0 Å². The van der Waals surface area contributed by atoms with E-state index >= 15 is 0 Å². The van der Waals surface area contributed by atoms with E-state index < -0.39 is 27.1 Å². The molecule has 0 spiro atoms. The quantitative estimate of drug-likeness (QED) is 0.205. The van der Waals surface area contributed by atoms with Crippen LogP contribution >= 0.6 is 7.82 Å². The average Bonchev–Trinajstić information content (AvgIpc) is 3.47. The molecule has 4 aliphatic rings. The second-order valence-corrected chi connectivity index (χ2v) is 7.74. The first-order valence-corrected chi connectivity index (χ1v) is 10.0. The van der Waals surface area contributed by atoms with Crippen molar-refractivity contribution < 1.29 is 38.7 Å². The summed E-state index contributed by atoms with van der Waals surface area (Å²) in [5.74, 6) is 0.0485. The monoisotopic (exact) mass is 403 g/mol. The van der Waals surface area contributed by atoms with Gasteiger partial charge in [0.1, 0.15) is 17.5 Å². The van der Waals surface area contributed by atoms with Gasteiger partial charge in [-0.3, -0.25) is 14.1 Å². The Bertz CT molecular complexity index is 733. The van der Waals surface area contributed by atoms with Gasteiger partial charge in [0.2, 0.25) is 11.6 Å². The van der Waals surface area contributed by atoms with E-state index in [9.17, 15) is 14.2 Å². The molecule has 4 rings (SSSR count). The molecule has 3 saturated heterocycles. The zero-order chi connectivity index (χ0) is 19.8. The van der Waals surface area contributed by atoms with E-state index in [0.29, 0.717) is 17.1 Å². The minimum atomic E-state index is -4.50. The summed E-state index contributed by atoms with van der Waals surface area (Å²) in [6.07, 6.45) is 0.281. The minimum absolute atomic E-state index is 0.00546. The highest BCUT2D eigenvalue weighted by Crippen LogP contribution is 2.35. The molecule has 1 atom stereocenters. The molecular weight excluding hydrogens is 381 g/mol. The fourth-order valence-electron chi connectivity index (χ4n) is 2.51. The molecule has 27 heavy (non-hydrogen) atoms. The summed E-state index contributed by atoms with van der Waals surface area (Å²) in [5, 5.41) is 16.7. The summed E-state index contributed by atoms with van der Waals surface area (Å²) in [7, 11) is -4.50. The van der Waals surface area contributed by atoms with Gasteiger partial charge >= 0.3 is 7.82 Å². The van der Waals surface area contributed by atoms with Crippen molar-refractivity contribution in [1.82, 2.24) is 14.7 Å². The molecule has 0 amide bonds. The molecule has 4 N–H and O–H groups in total. The van der Waals surface area contributed by atoms with Crippen molar-refractivity contribution in [2.75, 3.05) is 52.5 Å². The minimum Gasteiger partial charge on any atom is -0.394 e. The fourth-order valence-corrected chi connectivity index (χ4v) is 2.88. The summed E-state index contributed by atoms with van der Waals surface area (Å²) >= 11 is 0. The van der Waals surface area contributed by atoms with E-state index in [0.717, 1.165) is 39.3 Å². The van der Waals surface area contributed by atoms with Gasteiger partial charge in [-0.2, -0.15) is 0 Å². The first-order chi connectivity index (χ1) is 12.7. The number of aliphatic hydroxyl groups is 2. The second-order valence-electron chi connectivity index (χ2n) is 6.50. The maximum atomic E-state index is 12.4. The predicted molar refractivity (Wildman–Crippen MR) is 90.9 cm³/mol. The molecular formula is C15H22N3O8P. The molecule has 0 radical (unpaired) electrons. The van der Waals surface area contributed by atoms with Crippen LogP contribution in [-0.2, 0) is 18.7 Å². The lowest BCUT2D eigenvalue weighted by Crippen LogP contribution is -2.29. The van der Waals surface area contributed by atoms with Crippen molar-refractivity contribution in [1.29, 1.82) is 0 Å². The van der Waals surface area contributed by atoms with Gasteiger partial charge < -0.3 is 34.7 Å². The van der Waals surface area contributed by atoms with Crippen LogP contribution in [-0.4, -0.2) is 105 Å². The van der Waals surface area contributed by atoms with E-state index in [-0.39, 0.29) is 11.6 Å². The van der Waals surface area contributed by atoms with Crippen LogP contribution in [0.2, 0.25) is 0 Å². The third kappa shape index (κ3) is 5.38. The normalized spacial score (nSPS) is 22.4. The zero-order valence-corrected chi connectivity index (χ0v) is 15.4. The lowest BCUT2D eigenvalue weighted by atomic mass is 10.0. The van der Waals surface area contributed by atoms with Gasteiger partial charge in [-0.15, -0.1) is 0 Å². The van der Waals surface area contributed by atoms with E-state index in [1.54, 1.807) is 0 Å². The molecule has 0 bridgehead atoms. The number of allylic oxidation sites excluding steroid dienone is 1. The fraction of sp³-hybridized carbons (Fsp3) is 0.600. The number of hydrogen-bond acceptors (Lipinski definition) is 9. The highest BCUT2D eigenvalue weighted by Gasteiger charge is 2.43. The molecule has 150 valence electrons. The van der Waals surface area contributed by atoms with Gasteiger partial charge in [0.15, 0.2) is 0 Å². The van der Waals surface area contributed by atoms with Crippen molar-refractivity contribution in [3.8, 4) is 0 Å². The molecule has 11 nitrogen and oxygen atoms in total. The van der Waals surface area contributed by atoms with Crippen molar-refractivity contribution in [3.05, 3.63) is 23.2 Å². The largest absolute Gasteiger partial charge is 0.469 e. The highest BCUT2D eigenvalue weighted by molar-refractivity contribution is 7.46. The lowest BCUT2D eigenvalue weighted by Gasteiger charge is -2.21. The number of carbonyl (C=O) groups is 2. The van der Waals surface area contributed by atoms with Crippen LogP contribution in [0.1, 0.15) is 0 Å². The Labute approximate surface area is 155 Å². The van der Waals surface area contributed by atoms with Crippen LogP contribution in [0.4, 0.5) is 0 Å². The Hall–Kier alpha value is -1.75. The lowest BCUT2D eigenvalue weighted by molar-refractivity contribution is -0.117. The first-order valence-electron chi connectivity index (χ1n) is 8.50. The van der Waals surface area contributed by atoms with Gasteiger partial charge in [0.25, 0.3) is 0 Å². The van der Waals surface area contributed by atoms with Gasteiger partial charge in [-0.25, -0.2) is 4.57 Å². The summed E-state index contributed by atoms with van der Waals surface area (Å²) in [5.41, 5.74) is 1.89. The maximum absolute atomic E-state index is 12.4. The van der Waals surface area contributed by atoms with Crippen molar-refractivity contribution in [2.45, 2.75) is 6.10 Å². The third-order valence-corrected chi connectivity index (χ3v) is 4.62. The zero-order valence-electron chi connectivity index (χ0n) is 14.5. The number of ketones is 2. The number of aliphatic hydroxyl groups excluding tert-OH is 2. The molecule has 12 heteroatoms. The van der Waals surface area contributed by atoms with Crippen LogP contribution in [0, 0.1) is 0 Å². The predicted octanol–water partition coefficient (Wildman–Crippen LogP) is -2.37. The van der Waals surface area contributed by atoms with E-state index in [1.165, 1.54) is 6.08 Å². The summed E-state index contributed by atoms with van der Waals surface area (Å²) in [4.78, 5) is 46.6. The average molecular weight is 403 g/mol. The Morgan fingerprint density at radius 3 is 1.96 bits per heavy atom. The molecule has 0 aromatic carbocycles. The summed E-state index contributed by atoms with van der Waals surface area (Å²) in [6, 6.07) is 0. The first kappa shape index (κ1) is 20.0. The van der Waals surface area contributed by atoms with Gasteiger partial charge in [0.05, 0.1) is 18.9 Å². The molecule has 1 unspecified atom stereocenters. The maximum Gasteiger partial charge on any atom is 0.469 e.